The van der Waals surface area contributed by atoms with E-state index in [-0.39, 0.29) is 17.6 Å². The van der Waals surface area contributed by atoms with Crippen molar-refractivity contribution in [3.63, 3.8) is 0 Å². The van der Waals surface area contributed by atoms with Gasteiger partial charge < -0.3 is 10.4 Å². The maximum atomic E-state index is 12.5. The first-order valence-corrected chi connectivity index (χ1v) is 8.53. The minimum Gasteiger partial charge on any atom is -0.391 e. The van der Waals surface area contributed by atoms with Gasteiger partial charge in [-0.1, -0.05) is 13.0 Å². The van der Waals surface area contributed by atoms with Crippen molar-refractivity contribution in [1.29, 1.82) is 0 Å². The summed E-state index contributed by atoms with van der Waals surface area (Å²) in [5.41, 5.74) is 3.66. The first kappa shape index (κ1) is 17.9. The van der Waals surface area contributed by atoms with Crippen LogP contribution in [0.5, 0.6) is 0 Å². The van der Waals surface area contributed by atoms with Gasteiger partial charge >= 0.3 is 0 Å². The largest absolute Gasteiger partial charge is 0.391 e. The van der Waals surface area contributed by atoms with Crippen LogP contribution >= 0.6 is 0 Å². The van der Waals surface area contributed by atoms with Crippen LogP contribution in [-0.2, 0) is 0 Å². The lowest BCUT2D eigenvalue weighted by Crippen LogP contribution is -2.41. The summed E-state index contributed by atoms with van der Waals surface area (Å²) >= 11 is 0. The van der Waals surface area contributed by atoms with Gasteiger partial charge in [0.2, 0.25) is 0 Å². The molecule has 0 aliphatic rings. The van der Waals surface area contributed by atoms with Gasteiger partial charge in [-0.25, -0.2) is 4.98 Å². The molecule has 7 nitrogen and oxygen atoms in total. The van der Waals surface area contributed by atoms with Crippen molar-refractivity contribution in [3.8, 4) is 11.3 Å². The lowest BCUT2D eigenvalue weighted by Gasteiger charge is -2.18. The van der Waals surface area contributed by atoms with Crippen LogP contribution in [0.2, 0.25) is 0 Å². The number of carbonyl (C=O) groups excluding carboxylic acids is 1. The van der Waals surface area contributed by atoms with Gasteiger partial charge in [0.1, 0.15) is 16.7 Å². The van der Waals surface area contributed by atoms with Crippen LogP contribution in [0.15, 0.2) is 36.8 Å². The average molecular weight is 351 g/mol. The molecule has 3 aromatic heterocycles. The lowest BCUT2D eigenvalue weighted by molar-refractivity contribution is 0.0841. The molecule has 2 unspecified atom stereocenters. The first-order chi connectivity index (χ1) is 12.5. The Morgan fingerprint density at radius 2 is 2.04 bits per heavy atom. The van der Waals surface area contributed by atoms with Crippen LogP contribution in [0.3, 0.4) is 0 Å². The summed E-state index contributed by atoms with van der Waals surface area (Å²) in [6.45, 7) is 5.52. The van der Waals surface area contributed by atoms with Crippen molar-refractivity contribution >= 4 is 16.9 Å². The van der Waals surface area contributed by atoms with E-state index in [1.807, 2.05) is 32.0 Å². The Balaban J connectivity index is 2.00. The Labute approximate surface area is 151 Å². The summed E-state index contributed by atoms with van der Waals surface area (Å²) in [6, 6.07) is 5.32. The molecule has 0 aromatic carbocycles. The molecule has 2 atom stereocenters. The Morgan fingerprint density at radius 1 is 1.23 bits per heavy atom. The highest BCUT2D eigenvalue weighted by molar-refractivity contribution is 5.96. The van der Waals surface area contributed by atoms with Crippen molar-refractivity contribution in [2.24, 2.45) is 0 Å². The first-order valence-electron chi connectivity index (χ1n) is 8.53. The molecule has 0 spiro atoms. The zero-order chi connectivity index (χ0) is 18.7. The number of pyridine rings is 2. The van der Waals surface area contributed by atoms with Gasteiger partial charge in [0, 0.05) is 17.5 Å². The number of carbonyl (C=O) groups is 1. The normalized spacial score (nSPS) is 13.4. The molecule has 134 valence electrons. The predicted molar refractivity (Wildman–Crippen MR) is 98.5 cm³/mol. The van der Waals surface area contributed by atoms with Gasteiger partial charge in [-0.3, -0.25) is 19.7 Å². The molecule has 1 amide bonds. The number of aliphatic hydroxyl groups excluding tert-OH is 1. The van der Waals surface area contributed by atoms with Crippen molar-refractivity contribution in [1.82, 2.24) is 25.3 Å². The van der Waals surface area contributed by atoms with Gasteiger partial charge in [0.05, 0.1) is 30.2 Å². The molecule has 7 heteroatoms. The fourth-order valence-electron chi connectivity index (χ4n) is 2.66. The third-order valence-corrected chi connectivity index (χ3v) is 4.21. The summed E-state index contributed by atoms with van der Waals surface area (Å²) in [5.74, 6) is -0.376. The monoisotopic (exact) mass is 351 g/mol. The topological polar surface area (TPSA) is 101 Å². The number of aromatic nitrogens is 4. The highest BCUT2D eigenvalue weighted by atomic mass is 16.3. The van der Waals surface area contributed by atoms with Gasteiger partial charge in [-0.15, -0.1) is 0 Å². The summed E-state index contributed by atoms with van der Waals surface area (Å²) in [7, 11) is 0. The highest BCUT2D eigenvalue weighted by Gasteiger charge is 2.18. The number of nitrogens with zero attached hydrogens (tertiary/aromatic N) is 4. The predicted octanol–water partition coefficient (Wildman–Crippen LogP) is 2.28. The zero-order valence-electron chi connectivity index (χ0n) is 15.0. The van der Waals surface area contributed by atoms with E-state index in [0.717, 1.165) is 17.0 Å². The molecule has 0 aliphatic heterocycles. The quantitative estimate of drug-likeness (QED) is 0.731. The molecule has 0 radical (unpaired) electrons. The van der Waals surface area contributed by atoms with Crippen molar-refractivity contribution in [2.75, 3.05) is 0 Å². The maximum absolute atomic E-state index is 12.5. The van der Waals surface area contributed by atoms with Crippen molar-refractivity contribution < 1.29 is 9.90 Å². The average Bonchev–Trinajstić information content (AvgIpc) is 2.66. The summed E-state index contributed by atoms with van der Waals surface area (Å²) in [5, 5.41) is 12.6. The minimum absolute atomic E-state index is 0.188. The van der Waals surface area contributed by atoms with Gasteiger partial charge in [-0.05, 0) is 32.4 Å². The maximum Gasteiger partial charge on any atom is 0.271 e. The van der Waals surface area contributed by atoms with E-state index in [2.05, 4.69) is 25.3 Å². The van der Waals surface area contributed by atoms with E-state index in [9.17, 15) is 9.90 Å². The molecule has 3 rings (SSSR count). The van der Waals surface area contributed by atoms with E-state index < -0.39 is 6.10 Å². The van der Waals surface area contributed by atoms with Gasteiger partial charge in [0.15, 0.2) is 0 Å². The SMILES string of the molecule is CCC(O)C(C)NC(=O)c1cnc2cncc(-c3cccc(C)n3)c2n1. The third-order valence-electron chi connectivity index (χ3n) is 4.21. The number of hydrogen-bond acceptors (Lipinski definition) is 6. The van der Waals surface area contributed by atoms with Crippen LogP contribution < -0.4 is 5.32 Å². The number of aliphatic hydroxyl groups is 1. The standard InChI is InChI=1S/C19H21N5O2/c1-4-17(25)12(3)23-19(26)16-10-21-15-9-20-8-13(18(15)24-16)14-7-5-6-11(2)22-14/h5-10,12,17,25H,4H2,1-3H3,(H,23,26). The Morgan fingerprint density at radius 3 is 2.77 bits per heavy atom. The van der Waals surface area contributed by atoms with Crippen LogP contribution in [-0.4, -0.2) is 43.1 Å². The van der Waals surface area contributed by atoms with Crippen molar-refractivity contribution in [3.05, 3.63) is 48.2 Å². The molecule has 0 saturated carbocycles. The highest BCUT2D eigenvalue weighted by Crippen LogP contribution is 2.24. The number of aryl methyl sites for hydroxylation is 1. The fourth-order valence-corrected chi connectivity index (χ4v) is 2.66. The number of amides is 1. The Kier molecular flexibility index (Phi) is 5.18. The number of hydrogen-bond donors (Lipinski definition) is 2. The van der Waals surface area contributed by atoms with Gasteiger partial charge in [0.25, 0.3) is 5.91 Å². The molecule has 0 aliphatic carbocycles. The van der Waals surface area contributed by atoms with E-state index in [1.54, 1.807) is 19.3 Å². The molecule has 0 bridgehead atoms. The molecule has 3 aromatic rings. The fraction of sp³-hybridized carbons (Fsp3) is 0.316. The molecular formula is C19H21N5O2. The number of fused-ring (bicyclic) bond motifs is 1. The summed E-state index contributed by atoms with van der Waals surface area (Å²) < 4.78 is 0. The second-order valence-electron chi connectivity index (χ2n) is 6.21. The third kappa shape index (κ3) is 3.67. The second-order valence-corrected chi connectivity index (χ2v) is 6.21. The Hall–Kier alpha value is -2.93. The van der Waals surface area contributed by atoms with Crippen LogP contribution in [0.25, 0.3) is 22.3 Å². The van der Waals surface area contributed by atoms with E-state index in [4.69, 9.17) is 0 Å². The molecule has 2 N–H and O–H groups in total. The van der Waals surface area contributed by atoms with Crippen LogP contribution in [0, 0.1) is 6.92 Å². The zero-order valence-corrected chi connectivity index (χ0v) is 15.0. The molecular weight excluding hydrogens is 330 g/mol. The summed E-state index contributed by atoms with van der Waals surface area (Å²) in [6.07, 6.45) is 4.64. The van der Waals surface area contributed by atoms with E-state index in [1.165, 1.54) is 6.20 Å². The lowest BCUT2D eigenvalue weighted by atomic mass is 10.1. The van der Waals surface area contributed by atoms with Crippen LogP contribution in [0.4, 0.5) is 0 Å². The van der Waals surface area contributed by atoms with E-state index in [0.29, 0.717) is 17.5 Å². The smallest absolute Gasteiger partial charge is 0.271 e. The Bertz CT molecular complexity index is 944. The van der Waals surface area contributed by atoms with Crippen molar-refractivity contribution in [2.45, 2.75) is 39.3 Å². The number of nitrogens with one attached hydrogen (secondary N) is 1. The molecule has 26 heavy (non-hydrogen) atoms. The molecule has 3 heterocycles. The molecule has 0 saturated heterocycles. The molecule has 0 fully saturated rings. The van der Waals surface area contributed by atoms with Gasteiger partial charge in [-0.2, -0.15) is 0 Å². The van der Waals surface area contributed by atoms with E-state index >= 15 is 0 Å². The second kappa shape index (κ2) is 7.53. The van der Waals surface area contributed by atoms with Crippen LogP contribution in [0.1, 0.15) is 36.5 Å². The summed E-state index contributed by atoms with van der Waals surface area (Å²) in [4.78, 5) is 30.0. The number of rotatable bonds is 5. The minimum atomic E-state index is -0.608.